The van der Waals surface area contributed by atoms with Gasteiger partial charge in [0.25, 0.3) is 0 Å². The molecule has 2 fully saturated rings. The quantitative estimate of drug-likeness (QED) is 0.468. The summed E-state index contributed by atoms with van der Waals surface area (Å²) in [6.07, 6.45) is 7.57. The second kappa shape index (κ2) is 8.89. The Morgan fingerprint density at radius 1 is 1.23 bits per heavy atom. The lowest BCUT2D eigenvalue weighted by molar-refractivity contribution is -0.121. The lowest BCUT2D eigenvalue weighted by Crippen LogP contribution is -2.43. The monoisotopic (exact) mass is 420 g/mol. The van der Waals surface area contributed by atoms with Gasteiger partial charge in [0.15, 0.2) is 5.96 Å². The van der Waals surface area contributed by atoms with Gasteiger partial charge >= 0.3 is 0 Å². The highest BCUT2D eigenvalue weighted by atomic mass is 79.9. The molecular formula is C20H29BrN4O. The van der Waals surface area contributed by atoms with Crippen LogP contribution in [0.3, 0.4) is 0 Å². The van der Waals surface area contributed by atoms with Gasteiger partial charge in [-0.3, -0.25) is 9.79 Å². The average Bonchev–Trinajstić information content (AvgIpc) is 3.25. The second-order valence-electron chi connectivity index (χ2n) is 7.41. The molecule has 2 saturated carbocycles. The van der Waals surface area contributed by atoms with Crippen LogP contribution in [0.2, 0.25) is 0 Å². The SMILES string of the molecule is CN=C(NCCC(=O)NC1CCCC1)NCC1(c2ccccc2Br)CC1. The van der Waals surface area contributed by atoms with Crippen molar-refractivity contribution >= 4 is 27.8 Å². The Bertz CT molecular complexity index is 651. The lowest BCUT2D eigenvalue weighted by atomic mass is 9.96. The summed E-state index contributed by atoms with van der Waals surface area (Å²) in [4.78, 5) is 16.3. The molecule has 0 unspecified atom stereocenters. The Morgan fingerprint density at radius 3 is 2.62 bits per heavy atom. The number of benzene rings is 1. The molecule has 0 atom stereocenters. The van der Waals surface area contributed by atoms with Crippen LogP contribution in [0.25, 0.3) is 0 Å². The predicted molar refractivity (Wildman–Crippen MR) is 109 cm³/mol. The molecule has 0 aromatic heterocycles. The van der Waals surface area contributed by atoms with Crippen molar-refractivity contribution in [1.29, 1.82) is 0 Å². The van der Waals surface area contributed by atoms with E-state index in [1.807, 2.05) is 6.07 Å². The van der Waals surface area contributed by atoms with Crippen LogP contribution in [0.5, 0.6) is 0 Å². The van der Waals surface area contributed by atoms with E-state index in [1.165, 1.54) is 35.7 Å². The number of carbonyl (C=O) groups is 1. The first-order valence-corrected chi connectivity index (χ1v) is 10.4. The highest BCUT2D eigenvalue weighted by Gasteiger charge is 2.45. The van der Waals surface area contributed by atoms with E-state index in [0.717, 1.165) is 25.3 Å². The van der Waals surface area contributed by atoms with E-state index in [4.69, 9.17) is 0 Å². The van der Waals surface area contributed by atoms with Crippen LogP contribution in [0.1, 0.15) is 50.5 Å². The van der Waals surface area contributed by atoms with Crippen LogP contribution in [0.4, 0.5) is 0 Å². The van der Waals surface area contributed by atoms with Crippen LogP contribution in [-0.2, 0) is 10.2 Å². The van der Waals surface area contributed by atoms with Gasteiger partial charge in [0.1, 0.15) is 0 Å². The topological polar surface area (TPSA) is 65.5 Å². The number of amides is 1. The van der Waals surface area contributed by atoms with E-state index < -0.39 is 0 Å². The predicted octanol–water partition coefficient (Wildman–Crippen LogP) is 3.09. The van der Waals surface area contributed by atoms with Crippen molar-refractivity contribution in [3.8, 4) is 0 Å². The Balaban J connectivity index is 1.41. The fourth-order valence-corrected chi connectivity index (χ4v) is 4.43. The first-order chi connectivity index (χ1) is 12.6. The molecule has 0 bridgehead atoms. The van der Waals surface area contributed by atoms with E-state index >= 15 is 0 Å². The molecule has 1 aromatic carbocycles. The minimum Gasteiger partial charge on any atom is -0.356 e. The number of hydrogen-bond donors (Lipinski definition) is 3. The van der Waals surface area contributed by atoms with Crippen molar-refractivity contribution in [2.75, 3.05) is 20.1 Å². The van der Waals surface area contributed by atoms with Gasteiger partial charge in [-0.15, -0.1) is 0 Å². The highest BCUT2D eigenvalue weighted by Crippen LogP contribution is 2.49. The summed E-state index contributed by atoms with van der Waals surface area (Å²) in [7, 11) is 1.77. The summed E-state index contributed by atoms with van der Waals surface area (Å²) in [6.45, 7) is 1.45. The largest absolute Gasteiger partial charge is 0.356 e. The van der Waals surface area contributed by atoms with Crippen molar-refractivity contribution in [3.05, 3.63) is 34.3 Å². The summed E-state index contributed by atoms with van der Waals surface area (Å²) in [6, 6.07) is 8.83. The van der Waals surface area contributed by atoms with Crippen LogP contribution in [0, 0.1) is 0 Å². The first-order valence-electron chi connectivity index (χ1n) is 9.62. The summed E-state index contributed by atoms with van der Waals surface area (Å²) in [5.74, 6) is 0.892. The minimum absolute atomic E-state index is 0.131. The summed E-state index contributed by atoms with van der Waals surface area (Å²) >= 11 is 3.67. The van der Waals surface area contributed by atoms with Crippen LogP contribution < -0.4 is 16.0 Å². The van der Waals surface area contributed by atoms with Crippen molar-refractivity contribution in [2.24, 2.45) is 4.99 Å². The molecule has 0 saturated heterocycles. The van der Waals surface area contributed by atoms with Gasteiger partial charge in [0.05, 0.1) is 0 Å². The molecular weight excluding hydrogens is 392 g/mol. The molecule has 26 heavy (non-hydrogen) atoms. The highest BCUT2D eigenvalue weighted by molar-refractivity contribution is 9.10. The van der Waals surface area contributed by atoms with Gasteiger partial charge in [-0.25, -0.2) is 0 Å². The Kier molecular flexibility index (Phi) is 6.57. The van der Waals surface area contributed by atoms with Gasteiger partial charge in [-0.2, -0.15) is 0 Å². The molecule has 3 N–H and O–H groups in total. The maximum absolute atomic E-state index is 12.0. The van der Waals surface area contributed by atoms with Crippen molar-refractivity contribution in [2.45, 2.75) is 56.4 Å². The normalized spacial score (nSPS) is 19.2. The van der Waals surface area contributed by atoms with Gasteiger partial charge in [-0.1, -0.05) is 47.0 Å². The van der Waals surface area contributed by atoms with Crippen LogP contribution >= 0.6 is 15.9 Å². The van der Waals surface area contributed by atoms with E-state index in [9.17, 15) is 4.79 Å². The smallest absolute Gasteiger partial charge is 0.221 e. The third kappa shape index (κ3) is 5.00. The molecule has 1 aromatic rings. The molecule has 2 aliphatic carbocycles. The fourth-order valence-electron chi connectivity index (χ4n) is 3.72. The van der Waals surface area contributed by atoms with Crippen molar-refractivity contribution < 1.29 is 4.79 Å². The fraction of sp³-hybridized carbons (Fsp3) is 0.600. The van der Waals surface area contributed by atoms with Gasteiger partial charge < -0.3 is 16.0 Å². The number of guanidine groups is 1. The zero-order valence-electron chi connectivity index (χ0n) is 15.5. The van der Waals surface area contributed by atoms with E-state index in [0.29, 0.717) is 19.0 Å². The first kappa shape index (κ1) is 19.2. The number of halogens is 1. The van der Waals surface area contributed by atoms with Crippen molar-refractivity contribution in [1.82, 2.24) is 16.0 Å². The third-order valence-corrected chi connectivity index (χ3v) is 6.17. The summed E-state index contributed by atoms with van der Waals surface area (Å²) < 4.78 is 1.17. The van der Waals surface area contributed by atoms with E-state index in [1.54, 1.807) is 7.05 Å². The number of aliphatic imine (C=N–C) groups is 1. The minimum atomic E-state index is 0.131. The third-order valence-electron chi connectivity index (χ3n) is 5.48. The van der Waals surface area contributed by atoms with E-state index in [-0.39, 0.29) is 11.3 Å². The van der Waals surface area contributed by atoms with E-state index in [2.05, 4.69) is 55.1 Å². The van der Waals surface area contributed by atoms with Crippen LogP contribution in [-0.4, -0.2) is 38.0 Å². The molecule has 1 amide bonds. The maximum Gasteiger partial charge on any atom is 0.221 e. The van der Waals surface area contributed by atoms with Gasteiger partial charge in [0, 0.05) is 42.5 Å². The molecule has 0 radical (unpaired) electrons. The number of nitrogens with zero attached hydrogens (tertiary/aromatic N) is 1. The lowest BCUT2D eigenvalue weighted by Gasteiger charge is -2.20. The van der Waals surface area contributed by atoms with Crippen LogP contribution in [0.15, 0.2) is 33.7 Å². The standard InChI is InChI=1S/C20H29BrN4O/c1-22-19(23-13-10-18(26)25-15-6-2-3-7-15)24-14-20(11-12-20)16-8-4-5-9-17(16)21/h4-5,8-9,15H,2-3,6-7,10-14H2,1H3,(H,25,26)(H2,22,23,24). The van der Waals surface area contributed by atoms with Crippen molar-refractivity contribution in [3.63, 3.8) is 0 Å². The zero-order chi connectivity index (χ0) is 18.4. The zero-order valence-corrected chi connectivity index (χ0v) is 17.1. The van der Waals surface area contributed by atoms with Gasteiger partial charge in [0.2, 0.25) is 5.91 Å². The summed E-state index contributed by atoms with van der Waals surface area (Å²) in [5.41, 5.74) is 1.55. The molecule has 3 rings (SSSR count). The molecule has 142 valence electrons. The Hall–Kier alpha value is -1.56. The number of rotatable bonds is 7. The average molecular weight is 421 g/mol. The Labute approximate surface area is 164 Å². The summed E-state index contributed by atoms with van der Waals surface area (Å²) in [5, 5.41) is 9.81. The molecule has 6 heteroatoms. The molecule has 0 heterocycles. The molecule has 5 nitrogen and oxygen atoms in total. The maximum atomic E-state index is 12.0. The second-order valence-corrected chi connectivity index (χ2v) is 8.27. The Morgan fingerprint density at radius 2 is 1.96 bits per heavy atom. The molecule has 0 spiro atoms. The molecule has 0 aliphatic heterocycles. The number of carbonyl (C=O) groups excluding carboxylic acids is 1. The number of nitrogens with one attached hydrogen (secondary N) is 3. The van der Waals surface area contributed by atoms with Gasteiger partial charge in [-0.05, 0) is 37.3 Å². The molecule has 2 aliphatic rings. The number of hydrogen-bond acceptors (Lipinski definition) is 2.